The Hall–Kier alpha value is -3.00. The lowest BCUT2D eigenvalue weighted by molar-refractivity contribution is -0.119. The van der Waals surface area contributed by atoms with Crippen molar-refractivity contribution in [2.24, 2.45) is 0 Å². The second-order valence-electron chi connectivity index (χ2n) is 7.58. The Labute approximate surface area is 185 Å². The number of nitrogens with one attached hydrogen (secondary N) is 1. The van der Waals surface area contributed by atoms with E-state index in [2.05, 4.69) is 10.3 Å². The maximum Gasteiger partial charge on any atom is 0.350 e. The van der Waals surface area contributed by atoms with Crippen LogP contribution < -0.4 is 10.9 Å². The number of hydrogen-bond acceptors (Lipinski definition) is 6. The number of carbonyl (C=O) groups excluding carboxylic acids is 2. The molecule has 0 bridgehead atoms. The van der Waals surface area contributed by atoms with Gasteiger partial charge in [0.05, 0.1) is 17.8 Å². The van der Waals surface area contributed by atoms with Crippen molar-refractivity contribution < 1.29 is 14.3 Å². The number of aryl methyl sites for hydroxylation is 4. The van der Waals surface area contributed by atoms with Gasteiger partial charge in [-0.2, -0.15) is 0 Å². The van der Waals surface area contributed by atoms with Crippen LogP contribution in [-0.2, 0) is 9.53 Å². The smallest absolute Gasteiger partial charge is 0.350 e. The monoisotopic (exact) mass is 441 g/mol. The third-order valence-electron chi connectivity index (χ3n) is 5.18. The molecule has 1 atom stereocenters. The largest absolute Gasteiger partial charge is 0.462 e. The van der Waals surface area contributed by atoms with Crippen molar-refractivity contribution in [3.05, 3.63) is 55.8 Å². The zero-order valence-electron chi connectivity index (χ0n) is 18.7. The summed E-state index contributed by atoms with van der Waals surface area (Å²) in [4.78, 5) is 42.9. The van der Waals surface area contributed by atoms with Crippen molar-refractivity contribution in [1.29, 1.82) is 0 Å². The zero-order chi connectivity index (χ0) is 22.9. The second-order valence-corrected chi connectivity index (χ2v) is 8.58. The predicted octanol–water partition coefficient (Wildman–Crippen LogP) is 4.46. The van der Waals surface area contributed by atoms with Gasteiger partial charge in [-0.15, -0.1) is 0 Å². The maximum absolute atomic E-state index is 13.2. The van der Waals surface area contributed by atoms with Gasteiger partial charge in [-0.25, -0.2) is 9.78 Å². The van der Waals surface area contributed by atoms with Gasteiger partial charge in [-0.1, -0.05) is 29.9 Å². The topological polar surface area (TPSA) is 90.3 Å². The molecule has 3 rings (SSSR count). The van der Waals surface area contributed by atoms with E-state index < -0.39 is 12.0 Å². The average Bonchev–Trinajstić information content (AvgIpc) is 3.05. The Balaban J connectivity index is 2.03. The van der Waals surface area contributed by atoms with Crippen LogP contribution in [0.2, 0.25) is 0 Å². The van der Waals surface area contributed by atoms with E-state index in [-0.39, 0.29) is 18.1 Å². The first-order chi connectivity index (χ1) is 14.7. The molecule has 1 N–H and O–H groups in total. The number of aromatic nitrogens is 2. The van der Waals surface area contributed by atoms with Crippen molar-refractivity contribution >= 4 is 39.2 Å². The molecule has 2 aromatic heterocycles. The first-order valence-corrected chi connectivity index (χ1v) is 11.1. The molecule has 2 heterocycles. The summed E-state index contributed by atoms with van der Waals surface area (Å²) >= 11 is 1.07. The number of amides is 1. The summed E-state index contributed by atoms with van der Waals surface area (Å²) in [6, 6.07) is 4.91. The molecule has 0 radical (unpaired) electrons. The fourth-order valence-corrected chi connectivity index (χ4v) is 4.71. The minimum absolute atomic E-state index is 0.221. The zero-order valence-corrected chi connectivity index (χ0v) is 19.5. The molecule has 164 valence electrons. The summed E-state index contributed by atoms with van der Waals surface area (Å²) in [5, 5.41) is 4.05. The van der Waals surface area contributed by atoms with E-state index in [9.17, 15) is 14.4 Å². The van der Waals surface area contributed by atoms with E-state index in [1.807, 2.05) is 39.8 Å². The Morgan fingerprint density at radius 1 is 1.13 bits per heavy atom. The third kappa shape index (κ3) is 4.39. The summed E-state index contributed by atoms with van der Waals surface area (Å²) in [7, 11) is 0. The molecule has 0 aliphatic carbocycles. The van der Waals surface area contributed by atoms with Gasteiger partial charge < -0.3 is 10.1 Å². The fourth-order valence-electron chi connectivity index (χ4n) is 3.84. The Kier molecular flexibility index (Phi) is 6.59. The highest BCUT2D eigenvalue weighted by Gasteiger charge is 2.25. The highest BCUT2D eigenvalue weighted by atomic mass is 32.1. The predicted molar refractivity (Wildman–Crippen MR) is 123 cm³/mol. The average molecular weight is 442 g/mol. The second kappa shape index (κ2) is 9.01. The molecule has 0 spiro atoms. The molecule has 3 aromatic rings. The molecule has 0 saturated carbocycles. The molecule has 1 aromatic carbocycles. The number of hydrogen-bond donors (Lipinski definition) is 1. The number of rotatable bonds is 6. The van der Waals surface area contributed by atoms with Crippen LogP contribution in [0, 0.1) is 27.7 Å². The number of pyridine rings is 1. The van der Waals surface area contributed by atoms with E-state index in [1.54, 1.807) is 24.5 Å². The highest BCUT2D eigenvalue weighted by Crippen LogP contribution is 2.28. The third-order valence-corrected chi connectivity index (χ3v) is 6.23. The van der Waals surface area contributed by atoms with Crippen LogP contribution >= 0.6 is 11.3 Å². The minimum Gasteiger partial charge on any atom is -0.462 e. The van der Waals surface area contributed by atoms with Gasteiger partial charge in [0.1, 0.15) is 10.9 Å². The van der Waals surface area contributed by atoms with Crippen LogP contribution in [0.5, 0.6) is 0 Å². The minimum atomic E-state index is -0.716. The molecule has 0 fully saturated rings. The van der Waals surface area contributed by atoms with Gasteiger partial charge in [0.15, 0.2) is 5.13 Å². The van der Waals surface area contributed by atoms with Crippen LogP contribution in [0.1, 0.15) is 58.4 Å². The van der Waals surface area contributed by atoms with E-state index >= 15 is 0 Å². The number of thiazole rings is 1. The summed E-state index contributed by atoms with van der Waals surface area (Å²) in [6.07, 6.45) is 0.423. The molecule has 0 aliphatic heterocycles. The quantitative estimate of drug-likeness (QED) is 0.571. The normalized spacial score (nSPS) is 12.1. The molecular weight excluding hydrogens is 414 g/mol. The SMILES string of the molecule is CCOC(=O)c1sc(NC(=O)C(CC)n2c(=O)cc(C)c3cc(C)cc(C)c32)nc1C. The molecule has 1 unspecified atom stereocenters. The van der Waals surface area contributed by atoms with E-state index in [0.717, 1.165) is 38.9 Å². The summed E-state index contributed by atoms with van der Waals surface area (Å²) in [6.45, 7) is 11.4. The Bertz CT molecular complexity index is 1230. The number of nitrogens with zero attached hydrogens (tertiary/aromatic N) is 2. The highest BCUT2D eigenvalue weighted by molar-refractivity contribution is 7.17. The summed E-state index contributed by atoms with van der Waals surface area (Å²) in [5.41, 5.74) is 3.96. The number of benzene rings is 1. The maximum atomic E-state index is 13.2. The first-order valence-electron chi connectivity index (χ1n) is 10.3. The summed E-state index contributed by atoms with van der Waals surface area (Å²) < 4.78 is 6.60. The number of carbonyl (C=O) groups is 2. The Morgan fingerprint density at radius 3 is 2.48 bits per heavy atom. The van der Waals surface area contributed by atoms with Gasteiger partial charge >= 0.3 is 5.97 Å². The number of fused-ring (bicyclic) bond motifs is 1. The molecule has 0 saturated heterocycles. The van der Waals surface area contributed by atoms with Crippen molar-refractivity contribution in [3.63, 3.8) is 0 Å². The summed E-state index contributed by atoms with van der Waals surface area (Å²) in [5.74, 6) is -0.810. The van der Waals surface area contributed by atoms with Gasteiger partial charge in [0.2, 0.25) is 5.91 Å². The standard InChI is InChI=1S/C23H27N3O4S/c1-7-17(21(28)25-23-24-15(6)20(31-23)22(29)30-8-2)26-18(27)11-13(4)16-10-12(3)9-14(5)19(16)26/h9-11,17H,7-8H2,1-6H3,(H,24,25,28). The molecule has 0 aliphatic rings. The number of ether oxygens (including phenoxy) is 1. The van der Waals surface area contributed by atoms with E-state index in [1.165, 1.54) is 0 Å². The van der Waals surface area contributed by atoms with Crippen LogP contribution in [0.25, 0.3) is 10.9 Å². The lowest BCUT2D eigenvalue weighted by Crippen LogP contribution is -2.33. The van der Waals surface area contributed by atoms with Crippen molar-refractivity contribution in [1.82, 2.24) is 9.55 Å². The van der Waals surface area contributed by atoms with Crippen LogP contribution in [0.4, 0.5) is 5.13 Å². The lowest BCUT2D eigenvalue weighted by Gasteiger charge is -2.22. The molecule has 7 nitrogen and oxygen atoms in total. The van der Waals surface area contributed by atoms with Crippen molar-refractivity contribution in [2.45, 2.75) is 54.0 Å². The molecular formula is C23H27N3O4S. The van der Waals surface area contributed by atoms with Crippen LogP contribution in [0.3, 0.4) is 0 Å². The van der Waals surface area contributed by atoms with Gasteiger partial charge in [0.25, 0.3) is 5.56 Å². The number of esters is 1. The number of anilines is 1. The van der Waals surface area contributed by atoms with Gasteiger partial charge in [-0.3, -0.25) is 14.2 Å². The van der Waals surface area contributed by atoms with E-state index in [0.29, 0.717) is 22.1 Å². The van der Waals surface area contributed by atoms with Gasteiger partial charge in [0, 0.05) is 11.5 Å². The molecule has 8 heteroatoms. The lowest BCUT2D eigenvalue weighted by atomic mass is 10.0. The Morgan fingerprint density at radius 2 is 1.84 bits per heavy atom. The molecule has 1 amide bonds. The first kappa shape index (κ1) is 22.7. The fraction of sp³-hybridized carbons (Fsp3) is 0.391. The van der Waals surface area contributed by atoms with Crippen molar-refractivity contribution in [2.75, 3.05) is 11.9 Å². The van der Waals surface area contributed by atoms with Crippen LogP contribution in [-0.4, -0.2) is 28.0 Å². The van der Waals surface area contributed by atoms with Crippen molar-refractivity contribution in [3.8, 4) is 0 Å². The van der Waals surface area contributed by atoms with E-state index in [4.69, 9.17) is 4.74 Å². The molecule has 31 heavy (non-hydrogen) atoms. The van der Waals surface area contributed by atoms with Gasteiger partial charge in [-0.05, 0) is 58.2 Å². The van der Waals surface area contributed by atoms with Crippen LogP contribution in [0.15, 0.2) is 23.0 Å².